The van der Waals surface area contributed by atoms with Gasteiger partial charge < -0.3 is 4.98 Å². The summed E-state index contributed by atoms with van der Waals surface area (Å²) in [4.78, 5) is 32.9. The SMILES string of the molecule is CC(c1ncc[nH]1)N1C(=O)C2CCC(C2)C1=O. The third kappa shape index (κ3) is 1.49. The van der Waals surface area contributed by atoms with Gasteiger partial charge in [0, 0.05) is 24.2 Å². The van der Waals surface area contributed by atoms with Crippen molar-refractivity contribution in [2.24, 2.45) is 11.8 Å². The van der Waals surface area contributed by atoms with Crippen LogP contribution in [0.5, 0.6) is 0 Å². The Balaban J connectivity index is 1.91. The van der Waals surface area contributed by atoms with E-state index in [0.717, 1.165) is 19.3 Å². The topological polar surface area (TPSA) is 66.1 Å². The van der Waals surface area contributed by atoms with Crippen molar-refractivity contribution in [2.45, 2.75) is 32.2 Å². The summed E-state index contributed by atoms with van der Waals surface area (Å²) in [6.07, 6.45) is 5.81. The fourth-order valence-corrected chi connectivity index (χ4v) is 2.94. The number of fused-ring (bicyclic) bond motifs is 2. The molecule has 1 saturated carbocycles. The summed E-state index contributed by atoms with van der Waals surface area (Å²) in [6.45, 7) is 1.85. The molecule has 1 aliphatic heterocycles. The van der Waals surface area contributed by atoms with Crippen molar-refractivity contribution in [3.05, 3.63) is 18.2 Å². The van der Waals surface area contributed by atoms with Gasteiger partial charge in [0.2, 0.25) is 11.8 Å². The zero-order chi connectivity index (χ0) is 12.0. The van der Waals surface area contributed by atoms with Gasteiger partial charge in [-0.15, -0.1) is 0 Å². The van der Waals surface area contributed by atoms with Crippen LogP contribution in [0.2, 0.25) is 0 Å². The van der Waals surface area contributed by atoms with Crippen LogP contribution >= 0.6 is 0 Å². The zero-order valence-corrected chi connectivity index (χ0v) is 9.72. The van der Waals surface area contributed by atoms with Crippen molar-refractivity contribution in [2.75, 3.05) is 0 Å². The number of hydrogen-bond donors (Lipinski definition) is 1. The quantitative estimate of drug-likeness (QED) is 0.782. The van der Waals surface area contributed by atoms with Crippen LogP contribution in [0.3, 0.4) is 0 Å². The van der Waals surface area contributed by atoms with Gasteiger partial charge >= 0.3 is 0 Å². The first-order valence-electron chi connectivity index (χ1n) is 6.04. The largest absolute Gasteiger partial charge is 0.347 e. The Hall–Kier alpha value is -1.65. The molecule has 2 heterocycles. The lowest BCUT2D eigenvalue weighted by molar-refractivity contribution is -0.155. The maximum atomic E-state index is 12.2. The van der Waals surface area contributed by atoms with Gasteiger partial charge in [-0.3, -0.25) is 14.5 Å². The monoisotopic (exact) mass is 233 g/mol. The van der Waals surface area contributed by atoms with Crippen LogP contribution in [0.15, 0.2) is 12.4 Å². The molecule has 2 amide bonds. The Morgan fingerprint density at radius 1 is 1.35 bits per heavy atom. The Bertz CT molecular complexity index is 432. The Kier molecular flexibility index (Phi) is 2.28. The third-order valence-electron chi connectivity index (χ3n) is 3.91. The second-order valence-electron chi connectivity index (χ2n) is 4.90. The van der Waals surface area contributed by atoms with Gasteiger partial charge in [-0.2, -0.15) is 0 Å². The fraction of sp³-hybridized carbons (Fsp3) is 0.583. The standard InChI is InChI=1S/C12H15N3O2/c1-7(10-13-4-5-14-10)15-11(16)8-2-3-9(6-8)12(15)17/h4-5,7-9H,2-3,6H2,1H3,(H,13,14). The van der Waals surface area contributed by atoms with E-state index in [9.17, 15) is 9.59 Å². The molecule has 3 atom stereocenters. The molecule has 1 N–H and O–H groups in total. The normalized spacial score (nSPS) is 29.8. The molecular weight excluding hydrogens is 218 g/mol. The minimum atomic E-state index is -0.284. The Morgan fingerprint density at radius 2 is 2.00 bits per heavy atom. The van der Waals surface area contributed by atoms with E-state index in [1.54, 1.807) is 12.4 Å². The zero-order valence-electron chi connectivity index (χ0n) is 9.72. The van der Waals surface area contributed by atoms with E-state index in [0.29, 0.717) is 5.82 Å². The second kappa shape index (κ2) is 3.68. The molecule has 5 nitrogen and oxygen atoms in total. The summed E-state index contributed by atoms with van der Waals surface area (Å²) in [7, 11) is 0. The number of amides is 2. The van der Waals surface area contributed by atoms with Gasteiger partial charge in [0.1, 0.15) is 5.82 Å². The molecule has 1 aliphatic carbocycles. The lowest BCUT2D eigenvalue weighted by Gasteiger charge is -2.33. The fourth-order valence-electron chi connectivity index (χ4n) is 2.94. The van der Waals surface area contributed by atoms with E-state index in [4.69, 9.17) is 0 Å². The van der Waals surface area contributed by atoms with Gasteiger partial charge in [0.15, 0.2) is 0 Å². The van der Waals surface area contributed by atoms with E-state index in [2.05, 4.69) is 9.97 Å². The lowest BCUT2D eigenvalue weighted by Crippen LogP contribution is -2.47. The predicted octanol–water partition coefficient (Wildman–Crippen LogP) is 1.26. The number of imidazole rings is 1. The summed E-state index contributed by atoms with van der Waals surface area (Å²) >= 11 is 0. The van der Waals surface area contributed by atoms with Gasteiger partial charge in [-0.1, -0.05) is 0 Å². The molecule has 1 aromatic rings. The first-order valence-corrected chi connectivity index (χ1v) is 6.04. The molecule has 3 unspecified atom stereocenters. The van der Waals surface area contributed by atoms with Crippen LogP contribution < -0.4 is 0 Å². The van der Waals surface area contributed by atoms with Gasteiger partial charge in [-0.05, 0) is 26.2 Å². The van der Waals surface area contributed by atoms with Crippen molar-refractivity contribution in [3.63, 3.8) is 0 Å². The summed E-state index contributed by atoms with van der Waals surface area (Å²) in [5.41, 5.74) is 0. The molecule has 2 fully saturated rings. The number of nitrogens with one attached hydrogen (secondary N) is 1. The van der Waals surface area contributed by atoms with Gasteiger partial charge in [0.25, 0.3) is 0 Å². The highest BCUT2D eigenvalue weighted by Crippen LogP contribution is 2.40. The number of carbonyl (C=O) groups is 2. The maximum Gasteiger partial charge on any atom is 0.232 e. The van der Waals surface area contributed by atoms with Crippen molar-refractivity contribution in [3.8, 4) is 0 Å². The highest BCUT2D eigenvalue weighted by Gasteiger charge is 2.47. The highest BCUT2D eigenvalue weighted by atomic mass is 16.2. The van der Waals surface area contributed by atoms with E-state index < -0.39 is 0 Å². The minimum absolute atomic E-state index is 0.0207. The summed E-state index contributed by atoms with van der Waals surface area (Å²) in [5.74, 6) is 0.735. The molecule has 90 valence electrons. The van der Waals surface area contributed by atoms with Crippen LogP contribution in [0.4, 0.5) is 0 Å². The Labute approximate surface area is 99.2 Å². The van der Waals surface area contributed by atoms with E-state index in [1.165, 1.54) is 4.90 Å². The maximum absolute atomic E-state index is 12.2. The molecular formula is C12H15N3O2. The molecule has 2 aliphatic rings. The predicted molar refractivity (Wildman–Crippen MR) is 59.7 cm³/mol. The van der Waals surface area contributed by atoms with Crippen molar-refractivity contribution >= 4 is 11.8 Å². The molecule has 3 rings (SSSR count). The first-order chi connectivity index (χ1) is 8.18. The number of piperidine rings is 1. The summed E-state index contributed by atoms with van der Waals surface area (Å²) < 4.78 is 0. The summed E-state index contributed by atoms with van der Waals surface area (Å²) in [5, 5.41) is 0. The molecule has 0 spiro atoms. The number of H-pyrrole nitrogens is 1. The summed E-state index contributed by atoms with van der Waals surface area (Å²) in [6, 6.07) is -0.284. The van der Waals surface area contributed by atoms with Crippen LogP contribution in [0, 0.1) is 11.8 Å². The Morgan fingerprint density at radius 3 is 2.53 bits per heavy atom. The molecule has 0 radical (unpaired) electrons. The number of carbonyl (C=O) groups excluding carboxylic acids is 2. The minimum Gasteiger partial charge on any atom is -0.347 e. The average Bonchev–Trinajstić information content (AvgIpc) is 2.98. The van der Waals surface area contributed by atoms with E-state index in [-0.39, 0.29) is 29.7 Å². The van der Waals surface area contributed by atoms with Crippen LogP contribution in [0.25, 0.3) is 0 Å². The van der Waals surface area contributed by atoms with Gasteiger partial charge in [-0.25, -0.2) is 4.98 Å². The molecule has 1 saturated heterocycles. The number of imide groups is 1. The molecule has 2 bridgehead atoms. The number of hydrogen-bond acceptors (Lipinski definition) is 3. The van der Waals surface area contributed by atoms with Crippen LogP contribution in [-0.2, 0) is 9.59 Å². The van der Waals surface area contributed by atoms with Gasteiger partial charge in [0.05, 0.1) is 6.04 Å². The van der Waals surface area contributed by atoms with E-state index in [1.807, 2.05) is 6.92 Å². The van der Waals surface area contributed by atoms with Crippen LogP contribution in [-0.4, -0.2) is 26.7 Å². The smallest absolute Gasteiger partial charge is 0.232 e. The average molecular weight is 233 g/mol. The second-order valence-corrected chi connectivity index (χ2v) is 4.90. The number of aromatic nitrogens is 2. The number of nitrogens with zero attached hydrogens (tertiary/aromatic N) is 2. The van der Waals surface area contributed by atoms with E-state index >= 15 is 0 Å². The number of likely N-dealkylation sites (tertiary alicyclic amines) is 1. The molecule has 5 heteroatoms. The van der Waals surface area contributed by atoms with Crippen molar-refractivity contribution in [1.29, 1.82) is 0 Å². The van der Waals surface area contributed by atoms with Crippen LogP contribution in [0.1, 0.15) is 38.1 Å². The molecule has 0 aromatic carbocycles. The highest BCUT2D eigenvalue weighted by molar-refractivity contribution is 6.01. The number of aromatic amines is 1. The first kappa shape index (κ1) is 10.5. The van der Waals surface area contributed by atoms with Crippen molar-refractivity contribution < 1.29 is 9.59 Å². The molecule has 17 heavy (non-hydrogen) atoms. The third-order valence-corrected chi connectivity index (χ3v) is 3.91. The lowest BCUT2D eigenvalue weighted by atomic mass is 9.95. The van der Waals surface area contributed by atoms with Crippen molar-refractivity contribution in [1.82, 2.24) is 14.9 Å². The molecule has 1 aromatic heterocycles. The number of rotatable bonds is 2.